The SMILES string of the molecule is CCC(CCN)N1CCN(CCCO)CC1. The van der Waals surface area contributed by atoms with E-state index in [0.717, 1.165) is 52.1 Å². The lowest BCUT2D eigenvalue weighted by Crippen LogP contribution is -2.50. The average Bonchev–Trinajstić information content (AvgIpc) is 2.34. The maximum atomic E-state index is 8.79. The molecule has 0 spiro atoms. The zero-order valence-electron chi connectivity index (χ0n) is 10.6. The smallest absolute Gasteiger partial charge is 0.0443 e. The molecule has 1 saturated heterocycles. The van der Waals surface area contributed by atoms with Crippen LogP contribution < -0.4 is 5.73 Å². The minimum absolute atomic E-state index is 0.310. The van der Waals surface area contributed by atoms with Crippen LogP contribution in [0.1, 0.15) is 26.2 Å². The number of aliphatic hydroxyl groups is 1. The van der Waals surface area contributed by atoms with Crippen LogP contribution in [0.3, 0.4) is 0 Å². The summed E-state index contributed by atoms with van der Waals surface area (Å²) in [5, 5.41) is 8.79. The summed E-state index contributed by atoms with van der Waals surface area (Å²) in [5.41, 5.74) is 5.64. The van der Waals surface area contributed by atoms with E-state index in [0.29, 0.717) is 12.6 Å². The van der Waals surface area contributed by atoms with E-state index in [1.165, 1.54) is 6.42 Å². The first-order valence-electron chi connectivity index (χ1n) is 6.59. The molecule has 0 bridgehead atoms. The van der Waals surface area contributed by atoms with E-state index in [-0.39, 0.29) is 0 Å². The van der Waals surface area contributed by atoms with E-state index in [2.05, 4.69) is 16.7 Å². The van der Waals surface area contributed by atoms with Gasteiger partial charge in [0, 0.05) is 45.4 Å². The fraction of sp³-hybridized carbons (Fsp3) is 1.00. The molecule has 0 saturated carbocycles. The maximum Gasteiger partial charge on any atom is 0.0443 e. The average molecular weight is 229 g/mol. The molecule has 1 heterocycles. The van der Waals surface area contributed by atoms with Gasteiger partial charge in [0.2, 0.25) is 0 Å². The van der Waals surface area contributed by atoms with Crippen LogP contribution in [0.15, 0.2) is 0 Å². The molecule has 3 N–H and O–H groups in total. The van der Waals surface area contributed by atoms with Crippen molar-refractivity contribution in [1.82, 2.24) is 9.80 Å². The van der Waals surface area contributed by atoms with Crippen LogP contribution in [0.4, 0.5) is 0 Å². The predicted octanol–water partition coefficient (Wildman–Crippen LogP) is 0.114. The maximum absolute atomic E-state index is 8.79. The summed E-state index contributed by atoms with van der Waals surface area (Å²) in [5.74, 6) is 0. The van der Waals surface area contributed by atoms with Gasteiger partial charge in [0.1, 0.15) is 0 Å². The second kappa shape index (κ2) is 8.01. The van der Waals surface area contributed by atoms with E-state index in [9.17, 15) is 0 Å². The molecule has 4 heteroatoms. The second-order valence-corrected chi connectivity index (χ2v) is 4.59. The Bertz CT molecular complexity index is 170. The van der Waals surface area contributed by atoms with E-state index in [1.54, 1.807) is 0 Å². The highest BCUT2D eigenvalue weighted by Gasteiger charge is 2.21. The van der Waals surface area contributed by atoms with Crippen molar-refractivity contribution in [2.45, 2.75) is 32.2 Å². The molecule has 1 aliphatic heterocycles. The molecule has 0 radical (unpaired) electrons. The molecule has 16 heavy (non-hydrogen) atoms. The van der Waals surface area contributed by atoms with Crippen molar-refractivity contribution in [3.63, 3.8) is 0 Å². The van der Waals surface area contributed by atoms with Gasteiger partial charge in [-0.1, -0.05) is 6.92 Å². The fourth-order valence-electron chi connectivity index (χ4n) is 2.48. The molecule has 4 nitrogen and oxygen atoms in total. The van der Waals surface area contributed by atoms with Gasteiger partial charge in [-0.15, -0.1) is 0 Å². The van der Waals surface area contributed by atoms with Crippen LogP contribution in [0.5, 0.6) is 0 Å². The molecule has 1 unspecified atom stereocenters. The van der Waals surface area contributed by atoms with Crippen LogP contribution in [-0.2, 0) is 0 Å². The quantitative estimate of drug-likeness (QED) is 0.651. The minimum atomic E-state index is 0.310. The molecule has 1 atom stereocenters. The standard InChI is InChI=1S/C12H27N3O/c1-2-12(4-5-13)15-9-7-14(8-10-15)6-3-11-16/h12,16H,2-11,13H2,1H3. The van der Waals surface area contributed by atoms with Crippen LogP contribution in [-0.4, -0.2) is 66.8 Å². The monoisotopic (exact) mass is 229 g/mol. The Hall–Kier alpha value is -0.160. The van der Waals surface area contributed by atoms with Gasteiger partial charge < -0.3 is 15.7 Å². The summed E-state index contributed by atoms with van der Waals surface area (Å²) in [7, 11) is 0. The van der Waals surface area contributed by atoms with Gasteiger partial charge in [-0.25, -0.2) is 0 Å². The summed E-state index contributed by atoms with van der Waals surface area (Å²) in [4.78, 5) is 5.02. The van der Waals surface area contributed by atoms with Crippen molar-refractivity contribution in [3.05, 3.63) is 0 Å². The number of hydrogen-bond acceptors (Lipinski definition) is 4. The summed E-state index contributed by atoms with van der Waals surface area (Å²) in [6.45, 7) is 8.99. The highest BCUT2D eigenvalue weighted by Crippen LogP contribution is 2.11. The Kier molecular flexibility index (Phi) is 6.96. The lowest BCUT2D eigenvalue weighted by atomic mass is 10.1. The van der Waals surface area contributed by atoms with Crippen molar-refractivity contribution in [2.24, 2.45) is 5.73 Å². The Morgan fingerprint density at radius 1 is 1.25 bits per heavy atom. The van der Waals surface area contributed by atoms with Crippen LogP contribution in [0, 0.1) is 0 Å². The summed E-state index contributed by atoms with van der Waals surface area (Å²) in [6.07, 6.45) is 3.22. The van der Waals surface area contributed by atoms with Crippen molar-refractivity contribution >= 4 is 0 Å². The third kappa shape index (κ3) is 4.37. The number of piperazine rings is 1. The second-order valence-electron chi connectivity index (χ2n) is 4.59. The van der Waals surface area contributed by atoms with Crippen molar-refractivity contribution in [3.8, 4) is 0 Å². The van der Waals surface area contributed by atoms with Crippen molar-refractivity contribution < 1.29 is 5.11 Å². The third-order valence-electron chi connectivity index (χ3n) is 3.53. The molecular weight excluding hydrogens is 202 g/mol. The van der Waals surface area contributed by atoms with Gasteiger partial charge in [0.05, 0.1) is 0 Å². The summed E-state index contributed by atoms with van der Waals surface area (Å²) >= 11 is 0. The molecule has 1 aliphatic rings. The molecule has 0 aliphatic carbocycles. The molecule has 1 fully saturated rings. The van der Waals surface area contributed by atoms with Gasteiger partial charge in [-0.2, -0.15) is 0 Å². The topological polar surface area (TPSA) is 52.7 Å². The van der Waals surface area contributed by atoms with E-state index >= 15 is 0 Å². The first-order valence-corrected chi connectivity index (χ1v) is 6.59. The fourth-order valence-corrected chi connectivity index (χ4v) is 2.48. The Balaban J connectivity index is 2.24. The van der Waals surface area contributed by atoms with E-state index in [1.807, 2.05) is 0 Å². The van der Waals surface area contributed by atoms with Gasteiger partial charge in [0.25, 0.3) is 0 Å². The van der Waals surface area contributed by atoms with Gasteiger partial charge >= 0.3 is 0 Å². The zero-order chi connectivity index (χ0) is 11.8. The largest absolute Gasteiger partial charge is 0.396 e. The summed E-state index contributed by atoms with van der Waals surface area (Å²) in [6, 6.07) is 0.671. The molecule has 1 rings (SSSR count). The molecular formula is C12H27N3O. The molecule has 0 aromatic heterocycles. The Morgan fingerprint density at radius 3 is 2.44 bits per heavy atom. The van der Waals surface area contributed by atoms with Gasteiger partial charge in [-0.3, -0.25) is 4.90 Å². The zero-order valence-corrected chi connectivity index (χ0v) is 10.6. The normalized spacial score (nSPS) is 21.2. The summed E-state index contributed by atoms with van der Waals surface area (Å²) < 4.78 is 0. The lowest BCUT2D eigenvalue weighted by molar-refractivity contribution is 0.0869. The number of nitrogens with two attached hydrogens (primary N) is 1. The predicted molar refractivity (Wildman–Crippen MR) is 67.5 cm³/mol. The number of nitrogens with zero attached hydrogens (tertiary/aromatic N) is 2. The third-order valence-corrected chi connectivity index (χ3v) is 3.53. The molecule has 96 valence electrons. The first kappa shape index (κ1) is 13.9. The van der Waals surface area contributed by atoms with Crippen LogP contribution in [0.2, 0.25) is 0 Å². The Morgan fingerprint density at radius 2 is 1.94 bits per heavy atom. The number of aliphatic hydroxyl groups excluding tert-OH is 1. The van der Waals surface area contributed by atoms with E-state index in [4.69, 9.17) is 10.8 Å². The van der Waals surface area contributed by atoms with Crippen molar-refractivity contribution in [1.29, 1.82) is 0 Å². The lowest BCUT2D eigenvalue weighted by Gasteiger charge is -2.39. The van der Waals surface area contributed by atoms with Gasteiger partial charge in [0.15, 0.2) is 0 Å². The highest BCUT2D eigenvalue weighted by atomic mass is 16.3. The Labute approximate surface area is 99.4 Å². The van der Waals surface area contributed by atoms with E-state index < -0.39 is 0 Å². The van der Waals surface area contributed by atoms with Gasteiger partial charge in [-0.05, 0) is 25.8 Å². The molecule has 0 amide bonds. The highest BCUT2D eigenvalue weighted by molar-refractivity contribution is 4.78. The van der Waals surface area contributed by atoms with Crippen molar-refractivity contribution in [2.75, 3.05) is 45.9 Å². The minimum Gasteiger partial charge on any atom is -0.396 e. The molecule has 0 aromatic rings. The van der Waals surface area contributed by atoms with Crippen LogP contribution in [0.25, 0.3) is 0 Å². The van der Waals surface area contributed by atoms with Crippen LogP contribution >= 0.6 is 0 Å². The number of rotatable bonds is 7. The first-order chi connectivity index (χ1) is 7.81. The number of hydrogen-bond donors (Lipinski definition) is 2. The molecule has 0 aromatic carbocycles.